The lowest BCUT2D eigenvalue weighted by molar-refractivity contribution is -0.142. The lowest BCUT2D eigenvalue weighted by atomic mass is 10.1. The number of halogens is 1. The number of amides is 1. The molecule has 1 amide bonds. The van der Waals surface area contributed by atoms with Crippen LogP contribution in [0, 0.1) is 0 Å². The number of phenolic OH excluding ortho intramolecular Hbond substituents is 1. The molecule has 0 bridgehead atoms. The Balaban J connectivity index is 0.00000432. The van der Waals surface area contributed by atoms with Gasteiger partial charge in [-0.2, -0.15) is 0 Å². The maximum atomic E-state index is 12.7. The number of phenols is 1. The van der Waals surface area contributed by atoms with E-state index in [1.165, 1.54) is 25.3 Å². The predicted molar refractivity (Wildman–Crippen MR) is 133 cm³/mol. The van der Waals surface area contributed by atoms with Gasteiger partial charge in [0.05, 0.1) is 18.2 Å². The maximum absolute atomic E-state index is 12.7. The van der Waals surface area contributed by atoms with Crippen molar-refractivity contribution in [2.75, 3.05) is 13.7 Å². The van der Waals surface area contributed by atoms with Crippen LogP contribution in [0.15, 0.2) is 72.8 Å². The van der Waals surface area contributed by atoms with Gasteiger partial charge in [0.15, 0.2) is 0 Å². The molecule has 0 aliphatic rings. The van der Waals surface area contributed by atoms with Gasteiger partial charge in [0.25, 0.3) is 5.91 Å². The summed E-state index contributed by atoms with van der Waals surface area (Å²) in [7, 11) is 1.23. The first-order chi connectivity index (χ1) is 16.4. The fourth-order valence-corrected chi connectivity index (χ4v) is 3.33. The number of nitrogens with two attached hydrogens (primary N) is 1. The fraction of sp³-hybridized carbons (Fsp3) is 0.192. The Labute approximate surface area is 209 Å². The van der Waals surface area contributed by atoms with Gasteiger partial charge in [-0.25, -0.2) is 9.59 Å². The summed E-state index contributed by atoms with van der Waals surface area (Å²) >= 11 is 0. The van der Waals surface area contributed by atoms with Crippen molar-refractivity contribution in [3.63, 3.8) is 0 Å². The predicted octanol–water partition coefficient (Wildman–Crippen LogP) is 3.05. The van der Waals surface area contributed by atoms with Crippen LogP contribution in [0.25, 0.3) is 0 Å². The third kappa shape index (κ3) is 7.56. The van der Waals surface area contributed by atoms with E-state index in [0.29, 0.717) is 18.5 Å². The van der Waals surface area contributed by atoms with Crippen molar-refractivity contribution in [3.8, 4) is 11.5 Å². The molecule has 0 saturated carbocycles. The lowest BCUT2D eigenvalue weighted by Gasteiger charge is -2.17. The van der Waals surface area contributed by atoms with Crippen molar-refractivity contribution in [2.45, 2.75) is 18.9 Å². The third-order valence-corrected chi connectivity index (χ3v) is 5.12. The van der Waals surface area contributed by atoms with Gasteiger partial charge in [-0.1, -0.05) is 42.5 Å². The molecule has 0 radical (unpaired) electrons. The first-order valence-electron chi connectivity index (χ1n) is 10.7. The molecule has 8 nitrogen and oxygen atoms in total. The largest absolute Gasteiger partial charge is 0.507 e. The van der Waals surface area contributed by atoms with Crippen LogP contribution in [0.5, 0.6) is 11.5 Å². The number of carbonyl (C=O) groups excluding carboxylic acids is 3. The van der Waals surface area contributed by atoms with Crippen LogP contribution in [0.3, 0.4) is 0 Å². The summed E-state index contributed by atoms with van der Waals surface area (Å²) in [5.41, 5.74) is 7.62. The number of nitrogens with one attached hydrogen (secondary N) is 1. The van der Waals surface area contributed by atoms with Gasteiger partial charge in [0.2, 0.25) is 0 Å². The molecule has 0 saturated heterocycles. The zero-order valence-electron chi connectivity index (χ0n) is 19.1. The van der Waals surface area contributed by atoms with Crippen molar-refractivity contribution >= 4 is 30.3 Å². The van der Waals surface area contributed by atoms with Gasteiger partial charge < -0.3 is 25.6 Å². The van der Waals surface area contributed by atoms with Gasteiger partial charge in [0, 0.05) is 12.5 Å². The number of hydrogen-bond donors (Lipinski definition) is 3. The number of esters is 2. The highest BCUT2D eigenvalue weighted by atomic mass is 35.5. The smallest absolute Gasteiger partial charge is 0.343 e. The van der Waals surface area contributed by atoms with Crippen molar-refractivity contribution in [1.29, 1.82) is 0 Å². The maximum Gasteiger partial charge on any atom is 0.343 e. The molecular formula is C26H27ClN2O6. The highest BCUT2D eigenvalue weighted by Crippen LogP contribution is 2.25. The Morgan fingerprint density at radius 2 is 1.66 bits per heavy atom. The first-order valence-corrected chi connectivity index (χ1v) is 10.7. The second-order valence-corrected chi connectivity index (χ2v) is 7.54. The molecule has 0 heterocycles. The van der Waals surface area contributed by atoms with E-state index >= 15 is 0 Å². The van der Waals surface area contributed by atoms with E-state index in [1.54, 1.807) is 24.3 Å². The van der Waals surface area contributed by atoms with E-state index in [1.807, 2.05) is 30.3 Å². The monoisotopic (exact) mass is 498 g/mol. The van der Waals surface area contributed by atoms with E-state index in [0.717, 1.165) is 11.1 Å². The van der Waals surface area contributed by atoms with Gasteiger partial charge >= 0.3 is 11.9 Å². The Morgan fingerprint density at radius 3 is 2.26 bits per heavy atom. The van der Waals surface area contributed by atoms with Gasteiger partial charge in [-0.3, -0.25) is 4.79 Å². The lowest BCUT2D eigenvalue weighted by Crippen LogP contribution is -2.43. The molecular weight excluding hydrogens is 472 g/mol. The number of carbonyl (C=O) groups is 3. The molecule has 4 N–H and O–H groups in total. The summed E-state index contributed by atoms with van der Waals surface area (Å²) in [6.45, 7) is 0.510. The van der Waals surface area contributed by atoms with Crippen LogP contribution in [-0.4, -0.2) is 42.6 Å². The standard InChI is InChI=1S/C26H26N2O6.ClH/c1-33-26(32)22(15-18-5-3-2-4-6-18)28-24(30)21-12-11-20(16-23(21)29)34-25(31)19-9-7-17(8-10-19)13-14-27;/h2-12,16,22,29H,13-15,27H2,1H3,(H,28,30);1H/t22-;/m0./s1. The molecule has 35 heavy (non-hydrogen) atoms. The number of rotatable bonds is 9. The van der Waals surface area contributed by atoms with Crippen LogP contribution in [0.4, 0.5) is 0 Å². The molecule has 3 aromatic carbocycles. The van der Waals surface area contributed by atoms with E-state index < -0.39 is 29.6 Å². The SMILES string of the molecule is COC(=O)[C@H](Cc1ccccc1)NC(=O)c1ccc(OC(=O)c2ccc(CCN)cc2)cc1O.Cl. The quantitative estimate of drug-likeness (QED) is 0.305. The third-order valence-electron chi connectivity index (χ3n) is 5.12. The van der Waals surface area contributed by atoms with Crippen LogP contribution in [0.1, 0.15) is 31.8 Å². The number of methoxy groups -OCH3 is 1. The Bertz CT molecular complexity index is 1150. The van der Waals surface area contributed by atoms with Crippen LogP contribution in [-0.2, 0) is 22.4 Å². The molecule has 0 aromatic heterocycles. The summed E-state index contributed by atoms with van der Waals surface area (Å²) in [4.78, 5) is 37.3. The van der Waals surface area contributed by atoms with E-state index in [4.69, 9.17) is 15.2 Å². The van der Waals surface area contributed by atoms with Crippen molar-refractivity contribution < 1.29 is 29.0 Å². The van der Waals surface area contributed by atoms with Crippen LogP contribution < -0.4 is 15.8 Å². The molecule has 0 aliphatic heterocycles. The molecule has 3 aromatic rings. The summed E-state index contributed by atoms with van der Waals surface area (Å²) in [5.74, 6) is -2.22. The summed E-state index contributed by atoms with van der Waals surface area (Å²) in [6.07, 6.45) is 0.925. The van der Waals surface area contributed by atoms with Gasteiger partial charge in [-0.05, 0) is 48.4 Å². The number of benzene rings is 3. The van der Waals surface area contributed by atoms with E-state index in [9.17, 15) is 19.5 Å². The molecule has 3 rings (SSSR count). The van der Waals surface area contributed by atoms with Gasteiger partial charge in [0.1, 0.15) is 17.5 Å². The minimum atomic E-state index is -0.945. The molecule has 0 spiro atoms. The molecule has 9 heteroatoms. The Morgan fingerprint density at radius 1 is 0.971 bits per heavy atom. The highest BCUT2D eigenvalue weighted by molar-refractivity contribution is 5.99. The first kappa shape index (κ1) is 27.4. The molecule has 0 unspecified atom stereocenters. The Hall–Kier alpha value is -3.88. The fourth-order valence-electron chi connectivity index (χ4n) is 3.33. The summed E-state index contributed by atoms with van der Waals surface area (Å²) in [6, 6.07) is 18.9. The molecule has 0 fully saturated rings. The van der Waals surface area contributed by atoms with E-state index in [-0.39, 0.29) is 30.1 Å². The summed E-state index contributed by atoms with van der Waals surface area (Å²) in [5, 5.41) is 12.9. The summed E-state index contributed by atoms with van der Waals surface area (Å²) < 4.78 is 10.1. The average Bonchev–Trinajstić information content (AvgIpc) is 2.84. The highest BCUT2D eigenvalue weighted by Gasteiger charge is 2.24. The van der Waals surface area contributed by atoms with Crippen molar-refractivity contribution in [3.05, 3.63) is 95.1 Å². The van der Waals surface area contributed by atoms with Crippen molar-refractivity contribution in [1.82, 2.24) is 5.32 Å². The number of hydrogen-bond acceptors (Lipinski definition) is 7. The zero-order valence-corrected chi connectivity index (χ0v) is 19.9. The van der Waals surface area contributed by atoms with Crippen molar-refractivity contribution in [2.24, 2.45) is 5.73 Å². The normalized spacial score (nSPS) is 11.0. The molecule has 184 valence electrons. The number of ether oxygens (including phenoxy) is 2. The molecule has 0 aliphatic carbocycles. The second-order valence-electron chi connectivity index (χ2n) is 7.54. The minimum absolute atomic E-state index is 0. The topological polar surface area (TPSA) is 128 Å². The Kier molecular flexibility index (Phi) is 10.3. The second kappa shape index (κ2) is 13.1. The van der Waals surface area contributed by atoms with Crippen LogP contribution >= 0.6 is 12.4 Å². The average molecular weight is 499 g/mol. The van der Waals surface area contributed by atoms with Gasteiger partial charge in [-0.15, -0.1) is 12.4 Å². The molecule has 1 atom stereocenters. The van der Waals surface area contributed by atoms with E-state index in [2.05, 4.69) is 5.32 Å². The minimum Gasteiger partial charge on any atom is -0.507 e. The zero-order chi connectivity index (χ0) is 24.5. The van der Waals surface area contributed by atoms with Crippen LogP contribution in [0.2, 0.25) is 0 Å². The number of aromatic hydroxyl groups is 1.